The number of anilines is 1. The summed E-state index contributed by atoms with van der Waals surface area (Å²) in [7, 11) is 1.65. The lowest BCUT2D eigenvalue weighted by molar-refractivity contribution is -0.120. The summed E-state index contributed by atoms with van der Waals surface area (Å²) in [6.45, 7) is 0.543. The maximum Gasteiger partial charge on any atom is 0.254 e. The number of likely N-dealkylation sites (N-methyl/N-ethyl adjacent to an activating group) is 1. The number of aromatic nitrogens is 1. The van der Waals surface area contributed by atoms with Gasteiger partial charge in [-0.25, -0.2) is 0 Å². The van der Waals surface area contributed by atoms with Gasteiger partial charge in [0, 0.05) is 31.5 Å². The highest BCUT2D eigenvalue weighted by atomic mass is 35.5. The maximum atomic E-state index is 12.7. The molecule has 1 aliphatic heterocycles. The van der Waals surface area contributed by atoms with E-state index in [0.29, 0.717) is 29.2 Å². The van der Waals surface area contributed by atoms with Crippen molar-refractivity contribution in [2.24, 2.45) is 0 Å². The number of amides is 2. The van der Waals surface area contributed by atoms with Crippen LogP contribution >= 0.6 is 11.6 Å². The largest absolute Gasteiger partial charge is 0.330 e. The summed E-state index contributed by atoms with van der Waals surface area (Å²) in [6.07, 6.45) is 3.71. The van der Waals surface area contributed by atoms with E-state index in [1.165, 1.54) is 4.90 Å². The first kappa shape index (κ1) is 15.5. The first-order valence-electron chi connectivity index (χ1n) is 7.32. The Balaban J connectivity index is 1.79. The molecule has 3 rings (SSSR count). The molecule has 1 aliphatic rings. The van der Waals surface area contributed by atoms with Gasteiger partial charge in [-0.05, 0) is 30.7 Å². The Bertz CT molecular complexity index is 736. The molecule has 1 unspecified atom stereocenters. The number of pyridine rings is 1. The zero-order valence-electron chi connectivity index (χ0n) is 12.6. The zero-order valence-corrected chi connectivity index (χ0v) is 13.4. The Morgan fingerprint density at radius 2 is 1.96 bits per heavy atom. The molecule has 0 spiro atoms. The van der Waals surface area contributed by atoms with Crippen LogP contribution in [0.15, 0.2) is 48.8 Å². The van der Waals surface area contributed by atoms with Crippen LogP contribution in [0.4, 0.5) is 5.69 Å². The highest BCUT2D eigenvalue weighted by molar-refractivity contribution is 6.34. The molecular weight excluding hydrogens is 314 g/mol. The number of benzene rings is 1. The van der Waals surface area contributed by atoms with Gasteiger partial charge in [-0.2, -0.15) is 0 Å². The van der Waals surface area contributed by atoms with Crippen LogP contribution in [0.25, 0.3) is 0 Å². The van der Waals surface area contributed by atoms with E-state index in [-0.39, 0.29) is 11.8 Å². The van der Waals surface area contributed by atoms with Gasteiger partial charge in [-0.15, -0.1) is 0 Å². The third-order valence-electron chi connectivity index (χ3n) is 4.04. The molecule has 0 N–H and O–H groups in total. The number of hydrogen-bond donors (Lipinski definition) is 0. The molecule has 1 fully saturated rings. The Labute approximate surface area is 139 Å². The van der Waals surface area contributed by atoms with E-state index < -0.39 is 6.04 Å². The first-order chi connectivity index (χ1) is 11.1. The van der Waals surface area contributed by atoms with Gasteiger partial charge >= 0.3 is 0 Å². The molecule has 0 bridgehead atoms. The number of halogens is 1. The third kappa shape index (κ3) is 2.92. The highest BCUT2D eigenvalue weighted by Gasteiger charge is 2.37. The number of rotatable bonds is 3. The molecule has 2 aromatic rings. The topological polar surface area (TPSA) is 53.5 Å². The van der Waals surface area contributed by atoms with Crippen molar-refractivity contribution in [3.05, 3.63) is 59.4 Å². The average molecular weight is 330 g/mol. The SMILES string of the molecule is CN(C(=O)c1ccncc1)C1CCN(c2ccccc2Cl)C1=O. The highest BCUT2D eigenvalue weighted by Crippen LogP contribution is 2.30. The molecule has 1 atom stereocenters. The average Bonchev–Trinajstić information content (AvgIpc) is 2.96. The summed E-state index contributed by atoms with van der Waals surface area (Å²) in [4.78, 5) is 32.2. The Hall–Kier alpha value is -2.40. The lowest BCUT2D eigenvalue weighted by Gasteiger charge is -2.24. The summed E-state index contributed by atoms with van der Waals surface area (Å²) in [5.41, 5.74) is 1.21. The number of carbonyl (C=O) groups is 2. The van der Waals surface area contributed by atoms with Crippen molar-refractivity contribution in [2.75, 3.05) is 18.5 Å². The van der Waals surface area contributed by atoms with Gasteiger partial charge in [0.1, 0.15) is 6.04 Å². The normalized spacial score (nSPS) is 17.4. The molecule has 1 saturated heterocycles. The fourth-order valence-electron chi connectivity index (χ4n) is 2.77. The predicted octanol–water partition coefficient (Wildman–Crippen LogP) is 2.61. The van der Waals surface area contributed by atoms with E-state index in [1.54, 1.807) is 42.5 Å². The molecule has 118 valence electrons. The van der Waals surface area contributed by atoms with Crippen molar-refractivity contribution >= 4 is 29.1 Å². The predicted molar refractivity (Wildman–Crippen MR) is 88.5 cm³/mol. The van der Waals surface area contributed by atoms with E-state index in [9.17, 15) is 9.59 Å². The summed E-state index contributed by atoms with van der Waals surface area (Å²) in [6, 6.07) is 10.0. The van der Waals surface area contributed by atoms with Crippen molar-refractivity contribution in [3.8, 4) is 0 Å². The van der Waals surface area contributed by atoms with Crippen molar-refractivity contribution in [1.29, 1.82) is 0 Å². The van der Waals surface area contributed by atoms with Crippen LogP contribution in [0.2, 0.25) is 5.02 Å². The smallest absolute Gasteiger partial charge is 0.254 e. The quantitative estimate of drug-likeness (QED) is 0.869. The third-order valence-corrected chi connectivity index (χ3v) is 4.36. The van der Waals surface area contributed by atoms with Gasteiger partial charge < -0.3 is 9.80 Å². The first-order valence-corrected chi connectivity index (χ1v) is 7.70. The van der Waals surface area contributed by atoms with E-state index in [1.807, 2.05) is 18.2 Å². The van der Waals surface area contributed by atoms with Crippen LogP contribution in [-0.2, 0) is 4.79 Å². The maximum absolute atomic E-state index is 12.7. The van der Waals surface area contributed by atoms with Gasteiger partial charge in [0.05, 0.1) is 10.7 Å². The second kappa shape index (κ2) is 6.38. The number of nitrogens with zero attached hydrogens (tertiary/aromatic N) is 3. The Morgan fingerprint density at radius 3 is 2.65 bits per heavy atom. The van der Waals surface area contributed by atoms with E-state index in [4.69, 9.17) is 11.6 Å². The Kier molecular flexibility index (Phi) is 4.30. The fraction of sp³-hybridized carbons (Fsp3) is 0.235. The lowest BCUT2D eigenvalue weighted by Crippen LogP contribution is -2.43. The van der Waals surface area contributed by atoms with Crippen molar-refractivity contribution < 1.29 is 9.59 Å². The van der Waals surface area contributed by atoms with Crippen molar-refractivity contribution in [2.45, 2.75) is 12.5 Å². The van der Waals surface area contributed by atoms with E-state index in [2.05, 4.69) is 4.98 Å². The van der Waals surface area contributed by atoms with Crippen LogP contribution in [0.3, 0.4) is 0 Å². The van der Waals surface area contributed by atoms with Gasteiger partial charge in [0.15, 0.2) is 0 Å². The monoisotopic (exact) mass is 329 g/mol. The van der Waals surface area contributed by atoms with Gasteiger partial charge in [0.25, 0.3) is 5.91 Å². The minimum Gasteiger partial charge on any atom is -0.330 e. The molecule has 1 aromatic carbocycles. The van der Waals surface area contributed by atoms with Crippen LogP contribution in [-0.4, -0.2) is 41.3 Å². The molecule has 2 heterocycles. The molecule has 0 saturated carbocycles. The molecular formula is C17H16ClN3O2. The van der Waals surface area contributed by atoms with E-state index in [0.717, 1.165) is 0 Å². The zero-order chi connectivity index (χ0) is 16.4. The minimum absolute atomic E-state index is 0.108. The summed E-state index contributed by atoms with van der Waals surface area (Å²) < 4.78 is 0. The molecule has 23 heavy (non-hydrogen) atoms. The summed E-state index contributed by atoms with van der Waals surface area (Å²) in [5.74, 6) is -0.297. The molecule has 1 aromatic heterocycles. The fourth-order valence-corrected chi connectivity index (χ4v) is 3.01. The minimum atomic E-state index is -0.480. The molecule has 2 amide bonds. The number of carbonyl (C=O) groups excluding carboxylic acids is 2. The standard InChI is InChI=1S/C17H16ClN3O2/c1-20(16(22)12-6-9-19-10-7-12)15-8-11-21(17(15)23)14-5-3-2-4-13(14)18/h2-7,9-10,15H,8,11H2,1H3. The van der Waals surface area contributed by atoms with Gasteiger partial charge in [-0.1, -0.05) is 23.7 Å². The van der Waals surface area contributed by atoms with Crippen LogP contribution in [0.5, 0.6) is 0 Å². The van der Waals surface area contributed by atoms with Gasteiger partial charge in [0.2, 0.25) is 5.91 Å². The van der Waals surface area contributed by atoms with E-state index >= 15 is 0 Å². The second-order valence-electron chi connectivity index (χ2n) is 5.40. The Morgan fingerprint density at radius 1 is 1.26 bits per heavy atom. The molecule has 0 radical (unpaired) electrons. The molecule has 6 heteroatoms. The van der Waals surface area contributed by atoms with Crippen LogP contribution in [0, 0.1) is 0 Å². The lowest BCUT2D eigenvalue weighted by atomic mass is 10.1. The van der Waals surface area contributed by atoms with Crippen LogP contribution in [0.1, 0.15) is 16.8 Å². The summed E-state index contributed by atoms with van der Waals surface area (Å²) >= 11 is 6.17. The molecule has 5 nitrogen and oxygen atoms in total. The molecule has 0 aliphatic carbocycles. The van der Waals surface area contributed by atoms with Crippen molar-refractivity contribution in [1.82, 2.24) is 9.88 Å². The number of para-hydroxylation sites is 1. The van der Waals surface area contributed by atoms with Gasteiger partial charge in [-0.3, -0.25) is 14.6 Å². The number of hydrogen-bond acceptors (Lipinski definition) is 3. The second-order valence-corrected chi connectivity index (χ2v) is 5.80. The van der Waals surface area contributed by atoms with Crippen molar-refractivity contribution in [3.63, 3.8) is 0 Å². The van der Waals surface area contributed by atoms with Crippen LogP contribution < -0.4 is 4.90 Å². The summed E-state index contributed by atoms with van der Waals surface area (Å²) in [5, 5.41) is 0.532.